The second kappa shape index (κ2) is 4.11. The molecule has 0 aliphatic carbocycles. The monoisotopic (exact) mass is 260 g/mol. The van der Waals surface area contributed by atoms with Crippen molar-refractivity contribution in [2.75, 3.05) is 0 Å². The molecule has 0 saturated carbocycles. The van der Waals surface area contributed by atoms with Crippen LogP contribution >= 0.6 is 11.3 Å². The van der Waals surface area contributed by atoms with E-state index in [4.69, 9.17) is 5.73 Å². The molecule has 0 radical (unpaired) electrons. The molecular formula is C11H12N6S. The summed E-state index contributed by atoms with van der Waals surface area (Å²) in [6.07, 6.45) is 0. The van der Waals surface area contributed by atoms with E-state index in [9.17, 15) is 0 Å². The second-order valence-corrected chi connectivity index (χ2v) is 4.97. The largest absolute Gasteiger partial charge is 0.325 e. The van der Waals surface area contributed by atoms with Gasteiger partial charge >= 0.3 is 0 Å². The number of fused-ring (bicyclic) bond motifs is 1. The predicted molar refractivity (Wildman–Crippen MR) is 69.3 cm³/mol. The molecule has 0 fully saturated rings. The first kappa shape index (κ1) is 11.2. The molecule has 0 saturated heterocycles. The number of aromatic nitrogens is 5. The fraction of sp³-hybridized carbons (Fsp3) is 0.273. The average molecular weight is 260 g/mol. The van der Waals surface area contributed by atoms with Gasteiger partial charge in [0.05, 0.1) is 0 Å². The van der Waals surface area contributed by atoms with E-state index in [1.54, 1.807) is 0 Å². The Morgan fingerprint density at radius 3 is 2.83 bits per heavy atom. The first-order valence-electron chi connectivity index (χ1n) is 5.53. The van der Waals surface area contributed by atoms with Gasteiger partial charge in [-0.15, -0.1) is 21.5 Å². The maximum atomic E-state index is 5.57. The minimum absolute atomic E-state index is 0.442. The van der Waals surface area contributed by atoms with Gasteiger partial charge in [0.2, 0.25) is 0 Å². The Bertz CT molecular complexity index is 713. The Morgan fingerprint density at radius 1 is 1.28 bits per heavy atom. The summed E-state index contributed by atoms with van der Waals surface area (Å²) in [5.41, 5.74) is 8.34. The molecule has 3 aromatic heterocycles. The van der Waals surface area contributed by atoms with E-state index in [0.29, 0.717) is 18.1 Å². The Morgan fingerprint density at radius 2 is 2.11 bits per heavy atom. The highest BCUT2D eigenvalue weighted by Crippen LogP contribution is 2.21. The minimum atomic E-state index is 0.442. The Kier molecular flexibility index (Phi) is 2.57. The normalized spacial score (nSPS) is 11.3. The zero-order chi connectivity index (χ0) is 12.7. The maximum absolute atomic E-state index is 5.57. The van der Waals surface area contributed by atoms with E-state index in [0.717, 1.165) is 22.1 Å². The van der Waals surface area contributed by atoms with Crippen molar-refractivity contribution in [2.24, 2.45) is 5.73 Å². The molecule has 2 N–H and O–H groups in total. The van der Waals surface area contributed by atoms with Gasteiger partial charge < -0.3 is 5.73 Å². The molecule has 18 heavy (non-hydrogen) atoms. The molecule has 0 aliphatic rings. The highest BCUT2D eigenvalue weighted by atomic mass is 32.1. The van der Waals surface area contributed by atoms with Crippen LogP contribution in [0.3, 0.4) is 0 Å². The summed E-state index contributed by atoms with van der Waals surface area (Å²) in [5, 5.41) is 11.1. The van der Waals surface area contributed by atoms with Gasteiger partial charge in [0.1, 0.15) is 10.7 Å². The van der Waals surface area contributed by atoms with Gasteiger partial charge in [-0.1, -0.05) is 0 Å². The molecule has 3 aromatic rings. The first-order valence-corrected chi connectivity index (χ1v) is 6.41. The lowest BCUT2D eigenvalue weighted by molar-refractivity contribution is 1.00. The number of aryl methyl sites for hydroxylation is 2. The van der Waals surface area contributed by atoms with Gasteiger partial charge in [-0.05, 0) is 19.9 Å². The number of rotatable bonds is 2. The fourth-order valence-electron chi connectivity index (χ4n) is 1.90. The van der Waals surface area contributed by atoms with Crippen LogP contribution in [0, 0.1) is 13.8 Å². The quantitative estimate of drug-likeness (QED) is 0.751. The summed E-state index contributed by atoms with van der Waals surface area (Å²) in [7, 11) is 0. The third-order valence-corrected chi connectivity index (χ3v) is 3.52. The summed E-state index contributed by atoms with van der Waals surface area (Å²) in [5.74, 6) is 1.32. The molecule has 0 aromatic carbocycles. The number of thiazole rings is 1. The zero-order valence-electron chi connectivity index (χ0n) is 10.1. The second-order valence-electron chi connectivity index (χ2n) is 4.03. The van der Waals surface area contributed by atoms with Crippen molar-refractivity contribution >= 4 is 17.1 Å². The van der Waals surface area contributed by atoms with Crippen molar-refractivity contribution < 1.29 is 0 Å². The molecular weight excluding hydrogens is 248 g/mol. The molecule has 0 spiro atoms. The zero-order valence-corrected chi connectivity index (χ0v) is 10.9. The molecule has 0 amide bonds. The van der Waals surface area contributed by atoms with Crippen LogP contribution in [0.2, 0.25) is 0 Å². The van der Waals surface area contributed by atoms with Crippen LogP contribution in [0.25, 0.3) is 17.3 Å². The standard InChI is InChI=1S/C11H12N6S/c1-6-3-7(2)17-10(15-16-11(17)13-6)8-5-18-9(4-12)14-8/h3,5H,4,12H2,1-2H3. The fourth-order valence-corrected chi connectivity index (χ4v) is 2.56. The van der Waals surface area contributed by atoms with Gasteiger partial charge in [-0.2, -0.15) is 0 Å². The lowest BCUT2D eigenvalue weighted by Crippen LogP contribution is -1.99. The van der Waals surface area contributed by atoms with Crippen LogP contribution < -0.4 is 5.73 Å². The maximum Gasteiger partial charge on any atom is 0.255 e. The Balaban J connectivity index is 2.23. The highest BCUT2D eigenvalue weighted by molar-refractivity contribution is 7.09. The summed E-state index contributed by atoms with van der Waals surface area (Å²) in [6.45, 7) is 4.39. The number of nitrogens with two attached hydrogens (primary N) is 1. The molecule has 7 heteroatoms. The first-order chi connectivity index (χ1) is 8.69. The van der Waals surface area contributed by atoms with Gasteiger partial charge in [-0.25, -0.2) is 9.97 Å². The van der Waals surface area contributed by atoms with E-state index in [1.165, 1.54) is 11.3 Å². The van der Waals surface area contributed by atoms with Crippen LogP contribution in [0.4, 0.5) is 0 Å². The van der Waals surface area contributed by atoms with E-state index < -0.39 is 0 Å². The number of hydrogen-bond donors (Lipinski definition) is 1. The van der Waals surface area contributed by atoms with E-state index >= 15 is 0 Å². The van der Waals surface area contributed by atoms with Crippen molar-refractivity contribution in [1.82, 2.24) is 24.6 Å². The third kappa shape index (κ3) is 1.68. The van der Waals surface area contributed by atoms with Crippen LogP contribution in [-0.2, 0) is 6.54 Å². The van der Waals surface area contributed by atoms with Crippen molar-refractivity contribution in [3.05, 3.63) is 27.8 Å². The van der Waals surface area contributed by atoms with Crippen LogP contribution in [0.15, 0.2) is 11.4 Å². The van der Waals surface area contributed by atoms with Crippen molar-refractivity contribution in [3.8, 4) is 11.5 Å². The van der Waals surface area contributed by atoms with Gasteiger partial charge in [0.25, 0.3) is 5.78 Å². The van der Waals surface area contributed by atoms with E-state index in [2.05, 4.69) is 20.2 Å². The van der Waals surface area contributed by atoms with Crippen LogP contribution in [0.1, 0.15) is 16.4 Å². The van der Waals surface area contributed by atoms with Crippen LogP contribution in [0.5, 0.6) is 0 Å². The summed E-state index contributed by atoms with van der Waals surface area (Å²) in [4.78, 5) is 8.78. The minimum Gasteiger partial charge on any atom is -0.325 e. The molecule has 0 unspecified atom stereocenters. The number of hydrogen-bond acceptors (Lipinski definition) is 6. The Labute approximate surface area is 108 Å². The summed E-state index contributed by atoms with van der Waals surface area (Å²) < 4.78 is 1.91. The van der Waals surface area contributed by atoms with E-state index in [-0.39, 0.29) is 0 Å². The predicted octanol–water partition coefficient (Wildman–Crippen LogP) is 1.32. The summed E-state index contributed by atoms with van der Waals surface area (Å²) >= 11 is 1.53. The lowest BCUT2D eigenvalue weighted by Gasteiger charge is -2.02. The SMILES string of the molecule is Cc1cc(C)n2c(-c3csc(CN)n3)nnc2n1. The summed E-state index contributed by atoms with van der Waals surface area (Å²) in [6, 6.07) is 2.00. The topological polar surface area (TPSA) is 82.0 Å². The molecule has 6 nitrogen and oxygen atoms in total. The van der Waals surface area contributed by atoms with Gasteiger partial charge in [-0.3, -0.25) is 4.40 Å². The van der Waals surface area contributed by atoms with E-state index in [1.807, 2.05) is 29.7 Å². The number of nitrogens with zero attached hydrogens (tertiary/aromatic N) is 5. The lowest BCUT2D eigenvalue weighted by atomic mass is 10.3. The van der Waals surface area contributed by atoms with Crippen molar-refractivity contribution in [1.29, 1.82) is 0 Å². The molecule has 0 atom stereocenters. The van der Waals surface area contributed by atoms with Crippen molar-refractivity contribution in [2.45, 2.75) is 20.4 Å². The third-order valence-electron chi connectivity index (χ3n) is 2.65. The average Bonchev–Trinajstić information content (AvgIpc) is 2.93. The van der Waals surface area contributed by atoms with Crippen molar-refractivity contribution in [3.63, 3.8) is 0 Å². The molecule has 3 heterocycles. The molecule has 92 valence electrons. The van der Waals surface area contributed by atoms with Gasteiger partial charge in [0.15, 0.2) is 5.82 Å². The van der Waals surface area contributed by atoms with Crippen LogP contribution in [-0.4, -0.2) is 24.6 Å². The molecule has 0 bridgehead atoms. The highest BCUT2D eigenvalue weighted by Gasteiger charge is 2.14. The van der Waals surface area contributed by atoms with Gasteiger partial charge in [0, 0.05) is 23.3 Å². The Hall–Kier alpha value is -1.86. The smallest absolute Gasteiger partial charge is 0.255 e. The molecule has 3 rings (SSSR count). The molecule has 0 aliphatic heterocycles.